The SMILES string of the molecule is C#Cc1cccc(NC(=O)c2cccc(S(=O)(=O)NCc3ccccc3)c2)c1. The summed E-state index contributed by atoms with van der Waals surface area (Å²) in [7, 11) is -3.75. The van der Waals surface area contributed by atoms with E-state index in [4.69, 9.17) is 6.42 Å². The van der Waals surface area contributed by atoms with Crippen LogP contribution < -0.4 is 10.0 Å². The summed E-state index contributed by atoms with van der Waals surface area (Å²) >= 11 is 0. The monoisotopic (exact) mass is 390 g/mol. The Labute approximate surface area is 164 Å². The Bertz CT molecular complexity index is 1130. The molecule has 6 heteroatoms. The van der Waals surface area contributed by atoms with Gasteiger partial charge in [-0.2, -0.15) is 0 Å². The summed E-state index contributed by atoms with van der Waals surface area (Å²) in [6, 6.07) is 21.9. The molecule has 0 aliphatic carbocycles. The van der Waals surface area contributed by atoms with Crippen LogP contribution in [0.2, 0.25) is 0 Å². The Hall–Kier alpha value is -3.40. The van der Waals surface area contributed by atoms with Crippen molar-refractivity contribution in [2.24, 2.45) is 0 Å². The fourth-order valence-electron chi connectivity index (χ4n) is 2.55. The van der Waals surface area contributed by atoms with Crippen LogP contribution in [0.1, 0.15) is 21.5 Å². The molecule has 0 spiro atoms. The van der Waals surface area contributed by atoms with E-state index in [1.807, 2.05) is 30.3 Å². The summed E-state index contributed by atoms with van der Waals surface area (Å²) < 4.78 is 27.7. The minimum atomic E-state index is -3.75. The molecular formula is C22H18N2O3S. The summed E-state index contributed by atoms with van der Waals surface area (Å²) in [5.74, 6) is 2.08. The first-order valence-corrected chi connectivity index (χ1v) is 9.98. The first-order valence-electron chi connectivity index (χ1n) is 8.49. The third-order valence-corrected chi connectivity index (χ3v) is 5.40. The smallest absolute Gasteiger partial charge is 0.255 e. The standard InChI is InChI=1S/C22H18N2O3S/c1-2-17-10-6-12-20(14-17)24-22(25)19-11-7-13-21(15-19)28(26,27)23-16-18-8-4-3-5-9-18/h1,3-15,23H,16H2,(H,24,25). The maximum absolute atomic E-state index is 12.6. The van der Waals surface area contributed by atoms with E-state index < -0.39 is 15.9 Å². The zero-order valence-corrected chi connectivity index (χ0v) is 15.7. The third-order valence-electron chi connectivity index (χ3n) is 4.00. The van der Waals surface area contributed by atoms with E-state index in [-0.39, 0.29) is 17.0 Å². The van der Waals surface area contributed by atoms with Gasteiger partial charge < -0.3 is 5.32 Å². The molecule has 0 saturated carbocycles. The van der Waals surface area contributed by atoms with Gasteiger partial charge in [-0.3, -0.25) is 4.79 Å². The van der Waals surface area contributed by atoms with E-state index in [2.05, 4.69) is 16.0 Å². The molecule has 0 saturated heterocycles. The van der Waals surface area contributed by atoms with Crippen LogP contribution in [0.3, 0.4) is 0 Å². The normalized spacial score (nSPS) is 10.8. The molecule has 0 unspecified atom stereocenters. The van der Waals surface area contributed by atoms with Crippen molar-refractivity contribution in [1.82, 2.24) is 4.72 Å². The second-order valence-electron chi connectivity index (χ2n) is 6.02. The number of hydrogen-bond acceptors (Lipinski definition) is 3. The van der Waals surface area contributed by atoms with E-state index in [1.165, 1.54) is 18.2 Å². The maximum Gasteiger partial charge on any atom is 0.255 e. The molecule has 0 bridgehead atoms. The topological polar surface area (TPSA) is 75.3 Å². The number of sulfonamides is 1. The van der Waals surface area contributed by atoms with Gasteiger partial charge in [-0.1, -0.05) is 48.4 Å². The fourth-order valence-corrected chi connectivity index (χ4v) is 3.62. The largest absolute Gasteiger partial charge is 0.322 e. The number of carbonyl (C=O) groups excluding carboxylic acids is 1. The number of anilines is 1. The van der Waals surface area contributed by atoms with Crippen LogP contribution in [0.4, 0.5) is 5.69 Å². The molecule has 0 heterocycles. The highest BCUT2D eigenvalue weighted by molar-refractivity contribution is 7.89. The van der Waals surface area contributed by atoms with Gasteiger partial charge in [0.05, 0.1) is 4.90 Å². The van der Waals surface area contributed by atoms with E-state index in [1.54, 1.807) is 30.3 Å². The molecule has 2 N–H and O–H groups in total. The van der Waals surface area contributed by atoms with Crippen molar-refractivity contribution in [3.8, 4) is 12.3 Å². The van der Waals surface area contributed by atoms with Gasteiger partial charge >= 0.3 is 0 Å². The second kappa shape index (κ2) is 8.53. The molecule has 140 valence electrons. The van der Waals surface area contributed by atoms with Crippen molar-refractivity contribution in [2.75, 3.05) is 5.32 Å². The molecule has 3 aromatic carbocycles. The second-order valence-corrected chi connectivity index (χ2v) is 7.78. The van der Waals surface area contributed by atoms with Gasteiger partial charge in [0.25, 0.3) is 5.91 Å². The number of terminal acetylenes is 1. The molecule has 0 aliphatic rings. The predicted molar refractivity (Wildman–Crippen MR) is 109 cm³/mol. The quantitative estimate of drug-likeness (QED) is 0.634. The van der Waals surface area contributed by atoms with Crippen LogP contribution in [0.5, 0.6) is 0 Å². The molecular weight excluding hydrogens is 372 g/mol. The number of amides is 1. The zero-order valence-electron chi connectivity index (χ0n) is 14.9. The number of carbonyl (C=O) groups is 1. The van der Waals surface area contributed by atoms with Crippen LogP contribution in [-0.4, -0.2) is 14.3 Å². The van der Waals surface area contributed by atoms with E-state index in [0.29, 0.717) is 11.3 Å². The highest BCUT2D eigenvalue weighted by atomic mass is 32.2. The van der Waals surface area contributed by atoms with Crippen LogP contribution >= 0.6 is 0 Å². The van der Waals surface area contributed by atoms with Gasteiger partial charge in [-0.05, 0) is 42.0 Å². The number of rotatable bonds is 6. The Balaban J connectivity index is 1.75. The molecule has 3 rings (SSSR count). The summed E-state index contributed by atoms with van der Waals surface area (Å²) in [6.07, 6.45) is 5.36. The lowest BCUT2D eigenvalue weighted by Crippen LogP contribution is -2.23. The molecule has 0 aromatic heterocycles. The van der Waals surface area contributed by atoms with Gasteiger partial charge in [0.15, 0.2) is 0 Å². The van der Waals surface area contributed by atoms with Crippen LogP contribution in [0.15, 0.2) is 83.8 Å². The molecule has 0 aliphatic heterocycles. The van der Waals surface area contributed by atoms with Gasteiger partial charge in [0.1, 0.15) is 0 Å². The molecule has 0 fully saturated rings. The van der Waals surface area contributed by atoms with Crippen molar-refractivity contribution in [3.05, 3.63) is 95.6 Å². The maximum atomic E-state index is 12.6. The first kappa shape index (κ1) is 19.4. The Morgan fingerprint density at radius 3 is 2.43 bits per heavy atom. The van der Waals surface area contributed by atoms with E-state index >= 15 is 0 Å². The molecule has 5 nitrogen and oxygen atoms in total. The average molecular weight is 390 g/mol. The Morgan fingerprint density at radius 2 is 1.68 bits per heavy atom. The lowest BCUT2D eigenvalue weighted by molar-refractivity contribution is 0.102. The molecule has 28 heavy (non-hydrogen) atoms. The van der Waals surface area contributed by atoms with Crippen molar-refractivity contribution >= 4 is 21.6 Å². The predicted octanol–water partition coefficient (Wildman–Crippen LogP) is 3.40. The van der Waals surface area contributed by atoms with Crippen molar-refractivity contribution in [1.29, 1.82) is 0 Å². The van der Waals surface area contributed by atoms with Gasteiger partial charge in [-0.25, -0.2) is 13.1 Å². The van der Waals surface area contributed by atoms with Crippen LogP contribution in [-0.2, 0) is 16.6 Å². The fraction of sp³-hybridized carbons (Fsp3) is 0.0455. The summed E-state index contributed by atoms with van der Waals surface area (Å²) in [6.45, 7) is 0.165. The lowest BCUT2D eigenvalue weighted by atomic mass is 10.2. The number of nitrogens with one attached hydrogen (secondary N) is 2. The molecule has 0 atom stereocenters. The van der Waals surface area contributed by atoms with E-state index in [0.717, 1.165) is 5.56 Å². The number of benzene rings is 3. The average Bonchev–Trinajstić information content (AvgIpc) is 2.73. The van der Waals surface area contributed by atoms with Gasteiger partial charge in [-0.15, -0.1) is 6.42 Å². The molecule has 0 radical (unpaired) electrons. The molecule has 1 amide bonds. The van der Waals surface area contributed by atoms with Gasteiger partial charge in [0.2, 0.25) is 10.0 Å². The van der Waals surface area contributed by atoms with E-state index in [9.17, 15) is 13.2 Å². The highest BCUT2D eigenvalue weighted by Gasteiger charge is 2.16. The molecule has 3 aromatic rings. The van der Waals surface area contributed by atoms with Crippen molar-refractivity contribution in [3.63, 3.8) is 0 Å². The summed E-state index contributed by atoms with van der Waals surface area (Å²) in [5.41, 5.74) is 2.25. The van der Waals surface area contributed by atoms with Crippen LogP contribution in [0, 0.1) is 12.3 Å². The third kappa shape index (κ3) is 4.86. The van der Waals surface area contributed by atoms with Gasteiger partial charge in [0, 0.05) is 23.4 Å². The highest BCUT2D eigenvalue weighted by Crippen LogP contribution is 2.15. The number of hydrogen-bond donors (Lipinski definition) is 2. The first-order chi connectivity index (χ1) is 13.5. The van der Waals surface area contributed by atoms with Crippen molar-refractivity contribution in [2.45, 2.75) is 11.4 Å². The van der Waals surface area contributed by atoms with Crippen molar-refractivity contribution < 1.29 is 13.2 Å². The summed E-state index contributed by atoms with van der Waals surface area (Å²) in [4.78, 5) is 12.5. The zero-order chi connectivity index (χ0) is 20.0. The lowest BCUT2D eigenvalue weighted by Gasteiger charge is -2.09. The minimum absolute atomic E-state index is 0.0217. The van der Waals surface area contributed by atoms with Crippen LogP contribution in [0.25, 0.3) is 0 Å². The minimum Gasteiger partial charge on any atom is -0.322 e. The Morgan fingerprint density at radius 1 is 0.929 bits per heavy atom. The Kier molecular flexibility index (Phi) is 5.90. The summed E-state index contributed by atoms with van der Waals surface area (Å²) in [5, 5.41) is 2.72.